The van der Waals surface area contributed by atoms with Crippen molar-refractivity contribution in [2.24, 2.45) is 0 Å². The zero-order chi connectivity index (χ0) is 11.9. The van der Waals surface area contributed by atoms with Gasteiger partial charge in [-0.2, -0.15) is 0 Å². The van der Waals surface area contributed by atoms with E-state index in [4.69, 9.17) is 0 Å². The fraction of sp³-hybridized carbons (Fsp3) is 0.615. The van der Waals surface area contributed by atoms with Gasteiger partial charge in [0.05, 0.1) is 0 Å². The number of pyridine rings is 1. The molecule has 1 aromatic heterocycles. The summed E-state index contributed by atoms with van der Waals surface area (Å²) in [5, 5.41) is 0. The Morgan fingerprint density at radius 2 is 1.56 bits per heavy atom. The summed E-state index contributed by atoms with van der Waals surface area (Å²) >= 11 is 1.88. The Morgan fingerprint density at radius 1 is 0.938 bits per heavy atom. The fourth-order valence-corrected chi connectivity index (χ4v) is 2.15. The number of nitrogens with zero attached hydrogens (tertiary/aromatic N) is 1. The average molecular weight is 257 g/mol. The highest BCUT2D eigenvalue weighted by atomic mass is 32.7. The number of rotatable bonds is 7. The van der Waals surface area contributed by atoms with Gasteiger partial charge in [-0.1, -0.05) is 53.5 Å². The molecule has 0 fully saturated rings. The Kier molecular flexibility index (Phi) is 14.9. The minimum atomic E-state index is 1.32. The molecule has 1 nitrogen and oxygen atoms in total. The number of unbranched alkanes of at least 4 members (excludes halogenated alkanes) is 5. The SMILES string of the molecule is CCCCCCCCSP.c1ccncc1. The minimum Gasteiger partial charge on any atom is -0.265 e. The first-order valence-corrected chi connectivity index (χ1v) is 8.54. The summed E-state index contributed by atoms with van der Waals surface area (Å²) in [7, 11) is 2.70. The van der Waals surface area contributed by atoms with E-state index in [2.05, 4.69) is 20.3 Å². The quantitative estimate of drug-likeness (QED) is 0.506. The lowest BCUT2D eigenvalue weighted by Gasteiger charge is -1.97. The summed E-state index contributed by atoms with van der Waals surface area (Å²) in [4.78, 5) is 3.78. The minimum absolute atomic E-state index is 1.32. The molecule has 92 valence electrons. The molecule has 1 aromatic rings. The molecule has 0 saturated heterocycles. The molecular formula is C13H24NPS. The third-order valence-corrected chi connectivity index (χ3v) is 3.41. The topological polar surface area (TPSA) is 12.9 Å². The third-order valence-electron chi connectivity index (χ3n) is 2.18. The second-order valence-electron chi connectivity index (χ2n) is 3.66. The van der Waals surface area contributed by atoms with Gasteiger partial charge in [0.15, 0.2) is 0 Å². The zero-order valence-electron chi connectivity index (χ0n) is 10.3. The molecule has 0 saturated carbocycles. The summed E-state index contributed by atoms with van der Waals surface area (Å²) < 4.78 is 0. The predicted molar refractivity (Wildman–Crippen MR) is 79.8 cm³/mol. The predicted octanol–water partition coefficient (Wildman–Crippen LogP) is 4.95. The van der Waals surface area contributed by atoms with Crippen LogP contribution in [0.2, 0.25) is 0 Å². The molecule has 1 atom stereocenters. The van der Waals surface area contributed by atoms with Crippen molar-refractivity contribution in [1.29, 1.82) is 0 Å². The third kappa shape index (κ3) is 13.9. The van der Waals surface area contributed by atoms with E-state index in [1.54, 1.807) is 12.4 Å². The number of hydrogen-bond acceptors (Lipinski definition) is 2. The first kappa shape index (κ1) is 15.9. The smallest absolute Gasteiger partial charge is 0.0267 e. The molecule has 16 heavy (non-hydrogen) atoms. The maximum Gasteiger partial charge on any atom is 0.0267 e. The first-order chi connectivity index (χ1) is 7.91. The Labute approximate surface area is 107 Å². The molecule has 1 rings (SSSR count). The average Bonchev–Trinajstić information content (AvgIpc) is 2.37. The van der Waals surface area contributed by atoms with Gasteiger partial charge >= 0.3 is 0 Å². The van der Waals surface area contributed by atoms with Gasteiger partial charge < -0.3 is 0 Å². The second kappa shape index (κ2) is 14.9. The summed E-state index contributed by atoms with van der Waals surface area (Å²) in [6, 6.07) is 5.72. The van der Waals surface area contributed by atoms with Gasteiger partial charge in [0, 0.05) is 12.4 Å². The molecule has 0 radical (unpaired) electrons. The molecule has 0 spiro atoms. The van der Waals surface area contributed by atoms with E-state index in [-0.39, 0.29) is 0 Å². The van der Waals surface area contributed by atoms with Crippen LogP contribution < -0.4 is 0 Å². The van der Waals surface area contributed by atoms with Gasteiger partial charge in [-0.25, -0.2) is 0 Å². The lowest BCUT2D eigenvalue weighted by molar-refractivity contribution is 0.627. The maximum atomic E-state index is 3.78. The van der Waals surface area contributed by atoms with Crippen molar-refractivity contribution in [3.8, 4) is 0 Å². The van der Waals surface area contributed by atoms with Crippen molar-refractivity contribution >= 4 is 19.8 Å². The van der Waals surface area contributed by atoms with Crippen molar-refractivity contribution in [2.75, 3.05) is 5.75 Å². The van der Waals surface area contributed by atoms with Crippen LogP contribution >= 0.6 is 19.8 Å². The van der Waals surface area contributed by atoms with Crippen molar-refractivity contribution in [3.05, 3.63) is 30.6 Å². The Hall–Kier alpha value is -0.0700. The van der Waals surface area contributed by atoms with Gasteiger partial charge in [-0.05, 0) is 24.3 Å². The Bertz CT molecular complexity index is 172. The standard InChI is InChI=1S/C8H19PS.C5H5N/c1-2-3-4-5-6-7-8-10-9;1-2-4-6-5-3-1/h2-9H2,1H3;1-5H. The summed E-state index contributed by atoms with van der Waals surface area (Å²) in [5.74, 6) is 1.32. The Morgan fingerprint density at radius 3 is 2.00 bits per heavy atom. The van der Waals surface area contributed by atoms with Gasteiger partial charge in [-0.15, -0.1) is 11.4 Å². The van der Waals surface area contributed by atoms with Gasteiger partial charge in [-0.3, -0.25) is 4.98 Å². The number of aromatic nitrogens is 1. The van der Waals surface area contributed by atoms with Crippen molar-refractivity contribution in [3.63, 3.8) is 0 Å². The van der Waals surface area contributed by atoms with Crippen LogP contribution in [0.1, 0.15) is 45.4 Å². The molecule has 1 heterocycles. The lowest BCUT2D eigenvalue weighted by Crippen LogP contribution is -1.79. The lowest BCUT2D eigenvalue weighted by atomic mass is 10.1. The van der Waals surface area contributed by atoms with Crippen LogP contribution in [0.25, 0.3) is 0 Å². The van der Waals surface area contributed by atoms with Gasteiger partial charge in [0.2, 0.25) is 0 Å². The highest BCUT2D eigenvalue weighted by Gasteiger charge is 1.87. The largest absolute Gasteiger partial charge is 0.265 e. The van der Waals surface area contributed by atoms with Crippen LogP contribution in [-0.4, -0.2) is 10.7 Å². The van der Waals surface area contributed by atoms with E-state index >= 15 is 0 Å². The molecular weight excluding hydrogens is 233 g/mol. The van der Waals surface area contributed by atoms with Crippen molar-refractivity contribution in [2.45, 2.75) is 45.4 Å². The summed E-state index contributed by atoms with van der Waals surface area (Å²) in [5.41, 5.74) is 0. The van der Waals surface area contributed by atoms with E-state index in [0.29, 0.717) is 0 Å². The van der Waals surface area contributed by atoms with Gasteiger partial charge in [0.25, 0.3) is 0 Å². The van der Waals surface area contributed by atoms with Crippen molar-refractivity contribution < 1.29 is 0 Å². The fourth-order valence-electron chi connectivity index (χ4n) is 1.28. The van der Waals surface area contributed by atoms with E-state index in [1.165, 1.54) is 44.3 Å². The van der Waals surface area contributed by atoms with Crippen LogP contribution in [0.4, 0.5) is 0 Å². The van der Waals surface area contributed by atoms with Crippen LogP contribution in [-0.2, 0) is 0 Å². The van der Waals surface area contributed by atoms with Crippen LogP contribution in [0.3, 0.4) is 0 Å². The maximum absolute atomic E-state index is 3.78. The molecule has 0 aliphatic heterocycles. The monoisotopic (exact) mass is 257 g/mol. The van der Waals surface area contributed by atoms with E-state index in [0.717, 1.165) is 0 Å². The summed E-state index contributed by atoms with van der Waals surface area (Å²) in [6.07, 6.45) is 12.0. The molecule has 0 aliphatic carbocycles. The summed E-state index contributed by atoms with van der Waals surface area (Å²) in [6.45, 7) is 2.26. The van der Waals surface area contributed by atoms with Gasteiger partial charge in [0.1, 0.15) is 0 Å². The molecule has 0 aliphatic rings. The highest BCUT2D eigenvalue weighted by Crippen LogP contribution is 2.14. The highest BCUT2D eigenvalue weighted by molar-refractivity contribution is 8.43. The first-order valence-electron chi connectivity index (χ1n) is 6.08. The van der Waals surface area contributed by atoms with E-state index in [9.17, 15) is 0 Å². The normalized spacial score (nSPS) is 9.38. The van der Waals surface area contributed by atoms with Crippen molar-refractivity contribution in [1.82, 2.24) is 4.98 Å². The van der Waals surface area contributed by atoms with Crippen LogP contribution in [0.5, 0.6) is 0 Å². The molecule has 0 N–H and O–H groups in total. The van der Waals surface area contributed by atoms with E-state index in [1.807, 2.05) is 29.6 Å². The molecule has 0 aromatic carbocycles. The zero-order valence-corrected chi connectivity index (χ0v) is 12.2. The van der Waals surface area contributed by atoms with Crippen LogP contribution in [0.15, 0.2) is 30.6 Å². The molecule has 1 unspecified atom stereocenters. The molecule has 0 amide bonds. The van der Waals surface area contributed by atoms with Crippen LogP contribution in [0, 0.1) is 0 Å². The Balaban J connectivity index is 0.000000315. The number of hydrogen-bond donors (Lipinski definition) is 0. The molecule has 0 bridgehead atoms. The molecule has 3 heteroatoms. The van der Waals surface area contributed by atoms with E-state index < -0.39 is 0 Å². The second-order valence-corrected chi connectivity index (χ2v) is 5.40.